The number of aromatic nitrogens is 2. The highest BCUT2D eigenvalue weighted by atomic mass is 16.3. The molecule has 0 aliphatic heterocycles. The SMILES string of the molecule is CC(CO)N(C)C(=O)c1n[nH]c2c1CCC2. The van der Waals surface area contributed by atoms with Crippen LogP contribution in [-0.4, -0.2) is 45.8 Å². The lowest BCUT2D eigenvalue weighted by Gasteiger charge is -2.22. The van der Waals surface area contributed by atoms with Gasteiger partial charge in [-0.25, -0.2) is 0 Å². The normalized spacial score (nSPS) is 15.9. The quantitative estimate of drug-likeness (QED) is 0.777. The Morgan fingerprint density at radius 2 is 2.38 bits per heavy atom. The number of hydrogen-bond acceptors (Lipinski definition) is 3. The van der Waals surface area contributed by atoms with Crippen molar-refractivity contribution in [3.8, 4) is 0 Å². The van der Waals surface area contributed by atoms with Crippen LogP contribution < -0.4 is 0 Å². The van der Waals surface area contributed by atoms with E-state index >= 15 is 0 Å². The van der Waals surface area contributed by atoms with Crippen molar-refractivity contribution in [2.45, 2.75) is 32.2 Å². The highest BCUT2D eigenvalue weighted by Crippen LogP contribution is 2.23. The van der Waals surface area contributed by atoms with Crippen molar-refractivity contribution in [3.63, 3.8) is 0 Å². The van der Waals surface area contributed by atoms with E-state index in [0.717, 1.165) is 30.5 Å². The topological polar surface area (TPSA) is 69.2 Å². The van der Waals surface area contributed by atoms with E-state index < -0.39 is 0 Å². The molecule has 0 bridgehead atoms. The summed E-state index contributed by atoms with van der Waals surface area (Å²) in [6.45, 7) is 1.78. The fourth-order valence-corrected chi connectivity index (χ4v) is 1.99. The van der Waals surface area contributed by atoms with Gasteiger partial charge in [0.15, 0.2) is 5.69 Å². The minimum Gasteiger partial charge on any atom is -0.394 e. The first-order valence-corrected chi connectivity index (χ1v) is 5.59. The molecule has 1 unspecified atom stereocenters. The lowest BCUT2D eigenvalue weighted by molar-refractivity contribution is 0.0675. The molecule has 0 radical (unpaired) electrons. The van der Waals surface area contributed by atoms with Crippen molar-refractivity contribution in [1.82, 2.24) is 15.1 Å². The number of aliphatic hydroxyl groups excluding tert-OH is 1. The number of amides is 1. The van der Waals surface area contributed by atoms with Crippen LogP contribution in [0, 0.1) is 0 Å². The Balaban J connectivity index is 2.21. The first-order valence-electron chi connectivity index (χ1n) is 5.59. The van der Waals surface area contributed by atoms with Crippen LogP contribution in [0.3, 0.4) is 0 Å². The zero-order valence-electron chi connectivity index (χ0n) is 9.66. The van der Waals surface area contributed by atoms with Crippen molar-refractivity contribution < 1.29 is 9.90 Å². The summed E-state index contributed by atoms with van der Waals surface area (Å²) in [4.78, 5) is 13.6. The summed E-state index contributed by atoms with van der Waals surface area (Å²) in [5.41, 5.74) is 2.67. The number of aromatic amines is 1. The molecule has 1 aliphatic carbocycles. The van der Waals surface area contributed by atoms with E-state index in [1.54, 1.807) is 7.05 Å². The average molecular weight is 223 g/mol. The molecule has 1 aliphatic rings. The van der Waals surface area contributed by atoms with Crippen LogP contribution in [0.25, 0.3) is 0 Å². The van der Waals surface area contributed by atoms with Crippen LogP contribution in [0.1, 0.15) is 35.1 Å². The van der Waals surface area contributed by atoms with Crippen LogP contribution in [-0.2, 0) is 12.8 Å². The van der Waals surface area contributed by atoms with Gasteiger partial charge >= 0.3 is 0 Å². The highest BCUT2D eigenvalue weighted by molar-refractivity contribution is 5.94. The van der Waals surface area contributed by atoms with Gasteiger partial charge in [0.1, 0.15) is 0 Å². The summed E-state index contributed by atoms with van der Waals surface area (Å²) in [6, 6.07) is -0.179. The molecular weight excluding hydrogens is 206 g/mol. The molecule has 2 rings (SSSR count). The minimum atomic E-state index is -0.179. The summed E-state index contributed by atoms with van der Waals surface area (Å²) >= 11 is 0. The molecule has 0 aromatic carbocycles. The second-order valence-corrected chi connectivity index (χ2v) is 4.33. The van der Waals surface area contributed by atoms with Crippen LogP contribution in [0.15, 0.2) is 0 Å². The van der Waals surface area contributed by atoms with Gasteiger partial charge in [0, 0.05) is 18.3 Å². The van der Waals surface area contributed by atoms with E-state index in [2.05, 4.69) is 10.2 Å². The average Bonchev–Trinajstić information content (AvgIpc) is 2.87. The van der Waals surface area contributed by atoms with E-state index in [-0.39, 0.29) is 18.6 Å². The van der Waals surface area contributed by atoms with Crippen LogP contribution in [0.5, 0.6) is 0 Å². The number of likely N-dealkylation sites (N-methyl/N-ethyl adjacent to an activating group) is 1. The Morgan fingerprint density at radius 1 is 1.62 bits per heavy atom. The Labute approximate surface area is 94.5 Å². The minimum absolute atomic E-state index is 0.0329. The summed E-state index contributed by atoms with van der Waals surface area (Å²) in [6.07, 6.45) is 2.99. The molecule has 0 saturated carbocycles. The van der Waals surface area contributed by atoms with E-state index in [0.29, 0.717) is 5.69 Å². The first-order chi connectivity index (χ1) is 7.65. The van der Waals surface area contributed by atoms with Gasteiger partial charge in [-0.2, -0.15) is 5.10 Å². The maximum atomic E-state index is 12.1. The number of carbonyl (C=O) groups is 1. The molecule has 16 heavy (non-hydrogen) atoms. The van der Waals surface area contributed by atoms with Gasteiger partial charge in [0.25, 0.3) is 5.91 Å². The largest absolute Gasteiger partial charge is 0.394 e. The van der Waals surface area contributed by atoms with Crippen LogP contribution in [0.2, 0.25) is 0 Å². The third kappa shape index (κ3) is 1.71. The van der Waals surface area contributed by atoms with Crippen LogP contribution in [0.4, 0.5) is 0 Å². The summed E-state index contributed by atoms with van der Waals surface area (Å²) < 4.78 is 0. The molecule has 1 aromatic rings. The maximum Gasteiger partial charge on any atom is 0.274 e. The lowest BCUT2D eigenvalue weighted by Crippen LogP contribution is -2.37. The van der Waals surface area contributed by atoms with Gasteiger partial charge in [0.2, 0.25) is 0 Å². The maximum absolute atomic E-state index is 12.1. The number of carbonyl (C=O) groups excluding carboxylic acids is 1. The van der Waals surface area contributed by atoms with Crippen molar-refractivity contribution >= 4 is 5.91 Å². The van der Waals surface area contributed by atoms with Gasteiger partial charge in [-0.05, 0) is 26.2 Å². The lowest BCUT2D eigenvalue weighted by atomic mass is 10.1. The molecule has 1 heterocycles. The van der Waals surface area contributed by atoms with E-state index in [9.17, 15) is 4.79 Å². The summed E-state index contributed by atoms with van der Waals surface area (Å²) in [7, 11) is 1.69. The third-order valence-electron chi connectivity index (χ3n) is 3.25. The molecule has 0 fully saturated rings. The van der Waals surface area contributed by atoms with Gasteiger partial charge in [0.05, 0.1) is 12.6 Å². The smallest absolute Gasteiger partial charge is 0.274 e. The molecular formula is C11H17N3O2. The standard InChI is InChI=1S/C11H17N3O2/c1-7(6-15)14(2)11(16)10-8-4-3-5-9(8)12-13-10/h7,15H,3-6H2,1-2H3,(H,12,13). The zero-order valence-corrected chi connectivity index (χ0v) is 9.66. The fourth-order valence-electron chi connectivity index (χ4n) is 1.99. The monoisotopic (exact) mass is 223 g/mol. The number of nitrogens with one attached hydrogen (secondary N) is 1. The summed E-state index contributed by atoms with van der Waals surface area (Å²) in [5.74, 6) is -0.110. The number of fused-ring (bicyclic) bond motifs is 1. The van der Waals surface area contributed by atoms with Crippen molar-refractivity contribution in [2.75, 3.05) is 13.7 Å². The Bertz CT molecular complexity index is 400. The predicted octanol–water partition coefficient (Wildman–Crippen LogP) is 0.351. The number of aliphatic hydroxyl groups is 1. The predicted molar refractivity (Wildman–Crippen MR) is 59.3 cm³/mol. The van der Waals surface area contributed by atoms with E-state index in [1.165, 1.54) is 4.90 Å². The van der Waals surface area contributed by atoms with Crippen molar-refractivity contribution in [1.29, 1.82) is 0 Å². The van der Waals surface area contributed by atoms with Crippen molar-refractivity contribution in [2.24, 2.45) is 0 Å². The Kier molecular flexibility index (Phi) is 2.96. The van der Waals surface area contributed by atoms with E-state index in [4.69, 9.17) is 5.11 Å². The van der Waals surface area contributed by atoms with Gasteiger partial charge in [-0.1, -0.05) is 0 Å². The van der Waals surface area contributed by atoms with Gasteiger partial charge in [-0.15, -0.1) is 0 Å². The number of nitrogens with zero attached hydrogens (tertiary/aromatic N) is 2. The fraction of sp³-hybridized carbons (Fsp3) is 0.636. The second kappa shape index (κ2) is 4.25. The second-order valence-electron chi connectivity index (χ2n) is 4.33. The summed E-state index contributed by atoms with van der Waals surface area (Å²) in [5, 5.41) is 16.0. The van der Waals surface area contributed by atoms with Gasteiger partial charge < -0.3 is 10.0 Å². The molecule has 88 valence electrons. The molecule has 0 saturated heterocycles. The molecule has 1 atom stereocenters. The zero-order chi connectivity index (χ0) is 11.7. The van der Waals surface area contributed by atoms with Crippen LogP contribution >= 0.6 is 0 Å². The number of rotatable bonds is 3. The molecule has 1 amide bonds. The number of aryl methyl sites for hydroxylation is 1. The Morgan fingerprint density at radius 3 is 3.06 bits per heavy atom. The molecule has 1 aromatic heterocycles. The molecule has 5 heteroatoms. The number of hydrogen-bond donors (Lipinski definition) is 2. The first kappa shape index (κ1) is 11.1. The van der Waals surface area contributed by atoms with Gasteiger partial charge in [-0.3, -0.25) is 9.89 Å². The third-order valence-corrected chi connectivity index (χ3v) is 3.25. The van der Waals surface area contributed by atoms with E-state index in [1.807, 2.05) is 6.92 Å². The van der Waals surface area contributed by atoms with Crippen molar-refractivity contribution in [3.05, 3.63) is 17.0 Å². The Hall–Kier alpha value is -1.36. The number of H-pyrrole nitrogens is 1. The highest BCUT2D eigenvalue weighted by Gasteiger charge is 2.26. The molecule has 2 N–H and O–H groups in total. The molecule has 5 nitrogen and oxygen atoms in total. The molecule has 0 spiro atoms.